The van der Waals surface area contributed by atoms with Crippen molar-refractivity contribution in [1.29, 1.82) is 0 Å². The second-order valence-electron chi connectivity index (χ2n) is 12.4. The molecule has 0 heterocycles. The molecule has 0 bridgehead atoms. The van der Waals surface area contributed by atoms with Crippen LogP contribution in [0.1, 0.15) is 142 Å². The third-order valence-electron chi connectivity index (χ3n) is 7.18. The smallest absolute Gasteiger partial charge is 0.305 e. The van der Waals surface area contributed by atoms with Crippen LogP contribution in [-0.4, -0.2) is 81.2 Å². The van der Waals surface area contributed by atoms with Crippen molar-refractivity contribution in [3.63, 3.8) is 0 Å². The highest BCUT2D eigenvalue weighted by Gasteiger charge is 2.21. The summed E-state index contributed by atoms with van der Waals surface area (Å²) >= 11 is 0. The normalized spacial score (nSPS) is 11.1. The van der Waals surface area contributed by atoms with E-state index in [4.69, 9.17) is 9.47 Å². The van der Waals surface area contributed by atoms with Gasteiger partial charge in [-0.2, -0.15) is 0 Å². The predicted molar refractivity (Wildman–Crippen MR) is 172 cm³/mol. The Kier molecular flexibility index (Phi) is 29.3. The highest BCUT2D eigenvalue weighted by atomic mass is 35.5. The molecule has 0 aromatic carbocycles. The fourth-order valence-corrected chi connectivity index (χ4v) is 4.71. The molecule has 0 rings (SSSR count). The molecule has 0 aliphatic heterocycles. The van der Waals surface area contributed by atoms with E-state index in [9.17, 15) is 14.4 Å². The standard InChI is InChI=1S/C33H65N2O5.ClH/c1-6-8-10-12-14-16-18-20-22-24-32(37)39-28-26-34(31(36)30-35(3,4)5)27-29-40-33(38)25-23-21-19-17-15-13-11-9-7-2;/h6-30H2,1-5H3;1H/q+1;. The maximum Gasteiger partial charge on any atom is 0.305 e. The van der Waals surface area contributed by atoms with Crippen LogP contribution in [0, 0.1) is 0 Å². The summed E-state index contributed by atoms with van der Waals surface area (Å²) in [5.41, 5.74) is 0. The first-order valence-corrected chi connectivity index (χ1v) is 16.6. The lowest BCUT2D eigenvalue weighted by molar-refractivity contribution is -0.862. The number of likely N-dealkylation sites (N-methyl/N-ethyl adjacent to an activating group) is 1. The molecule has 0 aliphatic carbocycles. The van der Waals surface area contributed by atoms with Gasteiger partial charge in [0.1, 0.15) is 13.2 Å². The van der Waals surface area contributed by atoms with Gasteiger partial charge in [0.15, 0.2) is 6.54 Å². The Morgan fingerprint density at radius 1 is 0.537 bits per heavy atom. The van der Waals surface area contributed by atoms with E-state index >= 15 is 0 Å². The highest BCUT2D eigenvalue weighted by molar-refractivity contribution is 5.85. The fourth-order valence-electron chi connectivity index (χ4n) is 4.71. The molecule has 0 saturated carbocycles. The molecular formula is C33H66ClN2O5+. The molecule has 7 nitrogen and oxygen atoms in total. The van der Waals surface area contributed by atoms with Crippen LogP contribution in [0.2, 0.25) is 0 Å². The first kappa shape index (κ1) is 41.8. The zero-order valence-electron chi connectivity index (χ0n) is 27.5. The lowest BCUT2D eigenvalue weighted by atomic mass is 10.1. The van der Waals surface area contributed by atoms with Crippen LogP contribution in [-0.2, 0) is 23.9 Å². The van der Waals surface area contributed by atoms with Gasteiger partial charge < -0.3 is 18.9 Å². The summed E-state index contributed by atoms with van der Waals surface area (Å²) in [7, 11) is 5.89. The molecule has 244 valence electrons. The molecule has 0 saturated heterocycles. The molecule has 41 heavy (non-hydrogen) atoms. The van der Waals surface area contributed by atoms with E-state index in [1.807, 2.05) is 21.1 Å². The van der Waals surface area contributed by atoms with Crippen molar-refractivity contribution in [2.24, 2.45) is 0 Å². The predicted octanol–water partition coefficient (Wildman–Crippen LogP) is 7.87. The van der Waals surface area contributed by atoms with E-state index in [0.717, 1.165) is 25.7 Å². The second-order valence-corrected chi connectivity index (χ2v) is 12.4. The molecule has 0 spiro atoms. The molecule has 0 aromatic rings. The van der Waals surface area contributed by atoms with Crippen molar-refractivity contribution >= 4 is 30.3 Å². The number of quaternary nitrogens is 1. The molecule has 0 atom stereocenters. The lowest BCUT2D eigenvalue weighted by Crippen LogP contribution is -2.48. The number of amides is 1. The molecule has 0 unspecified atom stereocenters. The van der Waals surface area contributed by atoms with Gasteiger partial charge >= 0.3 is 11.9 Å². The van der Waals surface area contributed by atoms with E-state index in [1.54, 1.807) is 4.90 Å². The SMILES string of the molecule is CCCCCCCCCCCC(=O)OCCN(CCOC(=O)CCCCCCCCCCC)C(=O)C[N+](C)(C)C.Cl. The largest absolute Gasteiger partial charge is 0.464 e. The number of esters is 2. The van der Waals surface area contributed by atoms with Gasteiger partial charge in [0.2, 0.25) is 0 Å². The molecular weight excluding hydrogens is 540 g/mol. The zero-order valence-corrected chi connectivity index (χ0v) is 28.3. The van der Waals surface area contributed by atoms with Crippen molar-refractivity contribution < 1.29 is 28.3 Å². The molecule has 0 fully saturated rings. The molecule has 8 heteroatoms. The molecule has 0 aliphatic rings. The first-order chi connectivity index (χ1) is 19.2. The number of carbonyl (C=O) groups is 3. The number of unbranched alkanes of at least 4 members (excludes halogenated alkanes) is 16. The maximum atomic E-state index is 12.9. The highest BCUT2D eigenvalue weighted by Crippen LogP contribution is 2.12. The van der Waals surface area contributed by atoms with Crippen molar-refractivity contribution in [2.45, 2.75) is 142 Å². The zero-order chi connectivity index (χ0) is 29.9. The summed E-state index contributed by atoms with van der Waals surface area (Å²) in [5.74, 6) is -0.429. The second kappa shape index (κ2) is 28.8. The Balaban J connectivity index is 0. The number of nitrogens with zero attached hydrogens (tertiary/aromatic N) is 2. The first-order valence-electron chi connectivity index (χ1n) is 16.6. The van der Waals surface area contributed by atoms with Gasteiger partial charge in [-0.25, -0.2) is 0 Å². The Morgan fingerprint density at radius 2 is 0.854 bits per heavy atom. The van der Waals surface area contributed by atoms with Crippen LogP contribution in [0.3, 0.4) is 0 Å². The summed E-state index contributed by atoms with van der Waals surface area (Å²) in [6.45, 7) is 5.78. The van der Waals surface area contributed by atoms with E-state index in [-0.39, 0.29) is 43.5 Å². The monoisotopic (exact) mass is 605 g/mol. The summed E-state index contributed by atoms with van der Waals surface area (Å²) < 4.78 is 11.3. The van der Waals surface area contributed by atoms with Gasteiger partial charge in [-0.3, -0.25) is 14.4 Å². The van der Waals surface area contributed by atoms with Gasteiger partial charge in [0.25, 0.3) is 5.91 Å². The van der Waals surface area contributed by atoms with Gasteiger partial charge in [-0.1, -0.05) is 117 Å². The Labute approximate surface area is 259 Å². The van der Waals surface area contributed by atoms with Crippen LogP contribution in [0.4, 0.5) is 0 Å². The lowest BCUT2D eigenvalue weighted by Gasteiger charge is -2.28. The summed E-state index contributed by atoms with van der Waals surface area (Å²) in [6, 6.07) is 0. The topological polar surface area (TPSA) is 72.9 Å². The Hall–Kier alpha value is -1.34. The van der Waals surface area contributed by atoms with Gasteiger partial charge in [-0.05, 0) is 12.8 Å². The van der Waals surface area contributed by atoms with Crippen molar-refractivity contribution in [3.05, 3.63) is 0 Å². The number of hydrogen-bond donors (Lipinski definition) is 0. The third-order valence-corrected chi connectivity index (χ3v) is 7.18. The fraction of sp³-hybridized carbons (Fsp3) is 0.909. The minimum absolute atomic E-state index is 0. The molecule has 1 amide bonds. The third kappa shape index (κ3) is 29.9. The van der Waals surface area contributed by atoms with Crippen LogP contribution >= 0.6 is 12.4 Å². The summed E-state index contributed by atoms with van der Waals surface area (Å²) in [4.78, 5) is 38.8. The van der Waals surface area contributed by atoms with Gasteiger partial charge in [0.05, 0.1) is 34.2 Å². The van der Waals surface area contributed by atoms with E-state index in [1.165, 1.54) is 89.9 Å². The minimum Gasteiger partial charge on any atom is -0.464 e. The van der Waals surface area contributed by atoms with Gasteiger partial charge in [-0.15, -0.1) is 12.4 Å². The van der Waals surface area contributed by atoms with Crippen LogP contribution < -0.4 is 0 Å². The van der Waals surface area contributed by atoms with Crippen molar-refractivity contribution in [1.82, 2.24) is 4.90 Å². The Morgan fingerprint density at radius 3 is 1.17 bits per heavy atom. The molecule has 0 aromatic heterocycles. The number of halogens is 1. The minimum atomic E-state index is -0.200. The average Bonchev–Trinajstić information content (AvgIpc) is 2.89. The van der Waals surface area contributed by atoms with Gasteiger partial charge in [0, 0.05) is 12.8 Å². The molecule has 0 radical (unpaired) electrons. The maximum absolute atomic E-state index is 12.9. The number of carbonyl (C=O) groups excluding carboxylic acids is 3. The molecule has 0 N–H and O–H groups in total. The van der Waals surface area contributed by atoms with Crippen molar-refractivity contribution in [3.8, 4) is 0 Å². The van der Waals surface area contributed by atoms with Crippen molar-refractivity contribution in [2.75, 3.05) is 54.0 Å². The quantitative estimate of drug-likeness (QED) is 0.0515. The van der Waals surface area contributed by atoms with E-state index in [2.05, 4.69) is 13.8 Å². The summed E-state index contributed by atoms with van der Waals surface area (Å²) in [5, 5.41) is 0. The number of ether oxygens (including phenoxy) is 2. The number of hydrogen-bond acceptors (Lipinski definition) is 5. The van der Waals surface area contributed by atoms with E-state index in [0.29, 0.717) is 37.0 Å². The van der Waals surface area contributed by atoms with Crippen LogP contribution in [0.5, 0.6) is 0 Å². The van der Waals surface area contributed by atoms with E-state index < -0.39 is 0 Å². The van der Waals surface area contributed by atoms with Crippen LogP contribution in [0.25, 0.3) is 0 Å². The Bertz CT molecular complexity index is 600. The van der Waals surface area contributed by atoms with Crippen LogP contribution in [0.15, 0.2) is 0 Å². The summed E-state index contributed by atoms with van der Waals surface area (Å²) in [6.07, 6.45) is 22.6. The number of rotatable bonds is 28. The average molecular weight is 606 g/mol.